The van der Waals surface area contributed by atoms with Crippen molar-refractivity contribution < 1.29 is 66.8 Å². The fourth-order valence-corrected chi connectivity index (χ4v) is 9.42. The van der Waals surface area contributed by atoms with E-state index in [9.17, 15) is 38.4 Å². The van der Waals surface area contributed by atoms with Gasteiger partial charge < -0.3 is 48.9 Å². The summed E-state index contributed by atoms with van der Waals surface area (Å²) in [5.41, 5.74) is 1.09. The Bertz CT molecular complexity index is 2450. The molecule has 0 spiro atoms. The summed E-state index contributed by atoms with van der Waals surface area (Å²) in [6.45, 7) is 6.37. The highest BCUT2D eigenvalue weighted by Crippen LogP contribution is 2.31. The van der Waals surface area contributed by atoms with Gasteiger partial charge >= 0.3 is 24.1 Å². The third kappa shape index (κ3) is 19.1. The molecule has 18 heteroatoms. The molecule has 0 radical (unpaired) electrons. The molecule has 0 aromatic heterocycles. The Balaban J connectivity index is 0.829. The quantitative estimate of drug-likeness (QED) is 0.0226. The molecule has 18 nitrogen and oxygen atoms in total. The van der Waals surface area contributed by atoms with Gasteiger partial charge in [0.05, 0.1) is 37.3 Å². The van der Waals surface area contributed by atoms with Crippen LogP contribution in [-0.4, -0.2) is 135 Å². The number of benzene rings is 4. The lowest BCUT2D eigenvalue weighted by Gasteiger charge is -2.36. The summed E-state index contributed by atoms with van der Waals surface area (Å²) in [6, 6.07) is 36.8. The van der Waals surface area contributed by atoms with Crippen molar-refractivity contribution in [3.05, 3.63) is 144 Å². The van der Waals surface area contributed by atoms with Crippen molar-refractivity contribution in [2.75, 3.05) is 65.8 Å². The minimum atomic E-state index is -1.40. The van der Waals surface area contributed by atoms with Crippen molar-refractivity contribution in [3.63, 3.8) is 0 Å². The van der Waals surface area contributed by atoms with Gasteiger partial charge in [0.15, 0.2) is 0 Å². The molecule has 4 atom stereocenters. The average Bonchev–Trinajstić information content (AvgIpc) is 3.50. The molecule has 2 heterocycles. The number of hydrogen-bond acceptors (Lipinski definition) is 14. The zero-order chi connectivity index (χ0) is 57.3. The van der Waals surface area contributed by atoms with Gasteiger partial charge in [-0.1, -0.05) is 121 Å². The monoisotopic (exact) mass is 1100 g/mol. The van der Waals surface area contributed by atoms with Crippen LogP contribution in [0.3, 0.4) is 0 Å². The van der Waals surface area contributed by atoms with Gasteiger partial charge in [-0.3, -0.25) is 19.2 Å². The Kier molecular flexibility index (Phi) is 24.2. The van der Waals surface area contributed by atoms with Crippen molar-refractivity contribution in [2.24, 2.45) is 10.8 Å². The summed E-state index contributed by atoms with van der Waals surface area (Å²) < 4.78 is 33.9. The first-order valence-electron chi connectivity index (χ1n) is 27.8. The maximum atomic E-state index is 13.8. The molecule has 2 aliphatic heterocycles. The first kappa shape index (κ1) is 61.8. The highest BCUT2D eigenvalue weighted by Gasteiger charge is 2.44. The van der Waals surface area contributed by atoms with E-state index < -0.39 is 82.6 Å². The molecular formula is C62H78N4O14. The van der Waals surface area contributed by atoms with Crippen molar-refractivity contribution in [2.45, 2.75) is 116 Å². The van der Waals surface area contributed by atoms with Crippen molar-refractivity contribution in [1.82, 2.24) is 20.4 Å². The van der Waals surface area contributed by atoms with Crippen LogP contribution in [0.5, 0.6) is 0 Å². The van der Waals surface area contributed by atoms with Gasteiger partial charge in [-0.15, -0.1) is 0 Å². The Labute approximate surface area is 469 Å². The highest BCUT2D eigenvalue weighted by molar-refractivity contribution is 6.39. The number of likely N-dealkylation sites (tertiary alicyclic amines) is 2. The van der Waals surface area contributed by atoms with Crippen LogP contribution in [0.4, 0.5) is 9.59 Å². The van der Waals surface area contributed by atoms with Crippen LogP contribution in [0.1, 0.15) is 114 Å². The van der Waals surface area contributed by atoms with E-state index in [0.29, 0.717) is 64.2 Å². The number of ether oxygens (including phenoxy) is 6. The minimum Gasteiger partial charge on any atom is -0.456 e. The second-order valence-electron chi connectivity index (χ2n) is 21.4. The number of amides is 4. The maximum absolute atomic E-state index is 13.8. The molecule has 4 amide bonds. The molecular weight excluding hydrogens is 1020 g/mol. The van der Waals surface area contributed by atoms with Gasteiger partial charge in [-0.2, -0.15) is 0 Å². The number of alkyl carbamates (subject to hydrolysis) is 2. The number of piperidine rings is 2. The SMILES string of the molecule is CC(C)(COC(=O)NCCOCCOCCNC(=O)OCC(C)(C)C(=O)C(=O)N1CCCCC1C(=O)OC(CCc1ccccc1)c1ccccc1)C(=O)C(=O)N1CCCCC1C(=O)OC(CCc1ccccc1)c1ccccc1. The number of carbonyl (C=O) groups is 8. The summed E-state index contributed by atoms with van der Waals surface area (Å²) in [4.78, 5) is 110. The smallest absolute Gasteiger partial charge is 0.407 e. The Hall–Kier alpha value is -7.44. The zero-order valence-corrected chi connectivity index (χ0v) is 46.6. The Morgan fingerprint density at radius 3 is 1.20 bits per heavy atom. The lowest BCUT2D eigenvalue weighted by molar-refractivity contribution is -0.165. The summed E-state index contributed by atoms with van der Waals surface area (Å²) in [6.07, 6.45) is 3.01. The molecule has 430 valence electrons. The van der Waals surface area contributed by atoms with Gasteiger partial charge in [-0.25, -0.2) is 19.2 Å². The van der Waals surface area contributed by atoms with Crippen molar-refractivity contribution >= 4 is 47.5 Å². The highest BCUT2D eigenvalue weighted by atomic mass is 16.6. The van der Waals surface area contributed by atoms with E-state index >= 15 is 0 Å². The number of Topliss-reactive ketones (excluding diaryl/α,β-unsaturated/α-hetero) is 2. The average molecular weight is 1100 g/mol. The van der Waals surface area contributed by atoms with E-state index in [1.54, 1.807) is 0 Å². The molecule has 80 heavy (non-hydrogen) atoms. The largest absolute Gasteiger partial charge is 0.456 e. The molecule has 4 aromatic rings. The Morgan fingerprint density at radius 1 is 0.487 bits per heavy atom. The molecule has 4 aromatic carbocycles. The van der Waals surface area contributed by atoms with E-state index in [-0.39, 0.29) is 65.8 Å². The standard InChI is InChI=1S/C62H78N4O14/c1-61(2,53(67)55(69)65-37-19-17-29-49(65)57(71)79-51(47-25-13-7-14-26-47)33-31-45-21-9-5-10-22-45)43-77-59(73)63-35-39-75-41-42-76-40-36-64-60(74)78-44-62(3,4)54(68)56(70)66-38-20-18-30-50(66)58(72)80-52(48-27-15-8-16-28-48)34-32-46-23-11-6-12-24-46/h5-16,21-28,49-52H,17-20,29-44H2,1-4H3,(H,63,73)(H,64,74). The van der Waals surface area contributed by atoms with Crippen LogP contribution in [0.25, 0.3) is 0 Å². The molecule has 4 unspecified atom stereocenters. The summed E-state index contributed by atoms with van der Waals surface area (Å²) in [7, 11) is 0. The van der Waals surface area contributed by atoms with Crippen LogP contribution in [0.2, 0.25) is 0 Å². The van der Waals surface area contributed by atoms with Crippen LogP contribution in [-0.2, 0) is 70.0 Å². The molecule has 2 fully saturated rings. The molecule has 0 bridgehead atoms. The van der Waals surface area contributed by atoms with Crippen molar-refractivity contribution in [1.29, 1.82) is 0 Å². The Morgan fingerprint density at radius 2 is 0.838 bits per heavy atom. The maximum Gasteiger partial charge on any atom is 0.407 e. The summed E-state index contributed by atoms with van der Waals surface area (Å²) >= 11 is 0. The third-order valence-corrected chi connectivity index (χ3v) is 14.2. The number of hydrogen-bond donors (Lipinski definition) is 2. The molecule has 2 aliphatic rings. The topological polar surface area (TPSA) is 222 Å². The van der Waals surface area contributed by atoms with Crippen LogP contribution < -0.4 is 10.6 Å². The van der Waals surface area contributed by atoms with Crippen LogP contribution >= 0.6 is 0 Å². The number of nitrogens with one attached hydrogen (secondary N) is 2. The van der Waals surface area contributed by atoms with E-state index in [1.165, 1.54) is 37.5 Å². The second-order valence-corrected chi connectivity index (χ2v) is 21.4. The molecule has 0 saturated carbocycles. The van der Waals surface area contributed by atoms with E-state index in [2.05, 4.69) is 10.6 Å². The van der Waals surface area contributed by atoms with Crippen LogP contribution in [0.15, 0.2) is 121 Å². The number of rotatable bonds is 29. The van der Waals surface area contributed by atoms with Crippen LogP contribution in [0, 0.1) is 10.8 Å². The minimum absolute atomic E-state index is 0.0762. The van der Waals surface area contributed by atoms with Gasteiger partial charge in [0.1, 0.15) is 37.5 Å². The van der Waals surface area contributed by atoms with Gasteiger partial charge in [0.2, 0.25) is 11.6 Å². The van der Waals surface area contributed by atoms with Gasteiger partial charge in [-0.05, 0) is 114 Å². The fraction of sp³-hybridized carbons (Fsp3) is 0.484. The predicted molar refractivity (Wildman–Crippen MR) is 297 cm³/mol. The second kappa shape index (κ2) is 31.4. The fourth-order valence-electron chi connectivity index (χ4n) is 9.42. The number of esters is 2. The number of nitrogens with zero attached hydrogens (tertiary/aromatic N) is 2. The normalized spacial score (nSPS) is 16.3. The zero-order valence-electron chi connectivity index (χ0n) is 46.6. The van der Waals surface area contributed by atoms with Crippen molar-refractivity contribution in [3.8, 4) is 0 Å². The lowest BCUT2D eigenvalue weighted by Crippen LogP contribution is -2.54. The number of ketones is 2. The lowest BCUT2D eigenvalue weighted by atomic mass is 9.87. The molecule has 2 saturated heterocycles. The van der Waals surface area contributed by atoms with E-state index in [0.717, 1.165) is 22.3 Å². The van der Waals surface area contributed by atoms with E-state index in [1.807, 2.05) is 121 Å². The summed E-state index contributed by atoms with van der Waals surface area (Å²) in [5, 5.41) is 5.09. The van der Waals surface area contributed by atoms with Gasteiger partial charge in [0, 0.05) is 26.2 Å². The van der Waals surface area contributed by atoms with E-state index in [4.69, 9.17) is 28.4 Å². The molecule has 6 rings (SSSR count). The molecule has 0 aliphatic carbocycles. The summed E-state index contributed by atoms with van der Waals surface area (Å²) in [5.74, 6) is -4.38. The number of aryl methyl sites for hydroxylation is 2. The van der Waals surface area contributed by atoms with Gasteiger partial charge in [0.25, 0.3) is 11.8 Å². The third-order valence-electron chi connectivity index (χ3n) is 14.2. The first-order chi connectivity index (χ1) is 38.5. The first-order valence-corrected chi connectivity index (χ1v) is 27.8. The number of carbonyl (C=O) groups excluding carboxylic acids is 8. The molecule has 2 N–H and O–H groups in total. The predicted octanol–water partition coefficient (Wildman–Crippen LogP) is 8.26.